The predicted octanol–water partition coefficient (Wildman–Crippen LogP) is 1.80. The van der Waals surface area contributed by atoms with E-state index in [-0.39, 0.29) is 18.8 Å². The Morgan fingerprint density at radius 2 is 1.71 bits per heavy atom. The fourth-order valence-electron chi connectivity index (χ4n) is 2.12. The molecule has 0 aromatic heterocycles. The van der Waals surface area contributed by atoms with Gasteiger partial charge in [-0.05, 0) is 18.8 Å². The van der Waals surface area contributed by atoms with Gasteiger partial charge < -0.3 is 14.6 Å². The number of ether oxygens (including phenoxy) is 2. The maximum atomic E-state index is 12.1. The van der Waals surface area contributed by atoms with E-state index in [1.54, 1.807) is 0 Å². The Hall–Kier alpha value is -0.870. The number of carboxylic acid groups (broad SMARTS) is 1. The van der Waals surface area contributed by atoms with Crippen LogP contribution >= 0.6 is 0 Å². The van der Waals surface area contributed by atoms with Crippen LogP contribution in [0.25, 0.3) is 0 Å². The SMILES string of the molecule is COC1(OC)CC(CCCS(=O)(=O)C(F)(F)F)C1.O=CO. The van der Waals surface area contributed by atoms with Gasteiger partial charge in [-0.25, -0.2) is 8.42 Å². The number of methoxy groups -OCH3 is 2. The molecule has 0 bridgehead atoms. The third kappa shape index (κ3) is 5.79. The second kappa shape index (κ2) is 7.95. The van der Waals surface area contributed by atoms with E-state index >= 15 is 0 Å². The number of hydrogen-bond donors (Lipinski definition) is 1. The van der Waals surface area contributed by atoms with Crippen LogP contribution in [0, 0.1) is 5.92 Å². The first-order valence-corrected chi connectivity index (χ1v) is 7.70. The van der Waals surface area contributed by atoms with Gasteiger partial charge in [-0.3, -0.25) is 4.79 Å². The molecule has 0 saturated heterocycles. The van der Waals surface area contributed by atoms with E-state index < -0.39 is 26.9 Å². The Kier molecular flexibility index (Phi) is 7.62. The van der Waals surface area contributed by atoms with Gasteiger partial charge in [-0.2, -0.15) is 13.2 Å². The number of carbonyl (C=O) groups is 1. The standard InChI is InChI=1S/C10H17F3O4S.CH2O2/c1-16-9(17-2)6-8(7-9)4-3-5-18(14,15)10(11,12)13;2-1-3/h8H,3-7H2,1-2H3;1H,(H,2,3). The molecule has 0 aliphatic heterocycles. The molecule has 1 saturated carbocycles. The van der Waals surface area contributed by atoms with Gasteiger partial charge in [0.15, 0.2) is 5.79 Å². The Labute approximate surface area is 121 Å². The van der Waals surface area contributed by atoms with Crippen LogP contribution in [0.2, 0.25) is 0 Å². The van der Waals surface area contributed by atoms with E-state index in [0.29, 0.717) is 19.3 Å². The molecule has 1 aliphatic rings. The average Bonchev–Trinajstić information content (AvgIpc) is 2.32. The predicted molar refractivity (Wildman–Crippen MR) is 67.2 cm³/mol. The molecule has 0 aromatic carbocycles. The number of sulfone groups is 1. The van der Waals surface area contributed by atoms with Gasteiger partial charge in [0.1, 0.15) is 0 Å². The molecule has 0 aromatic rings. The summed E-state index contributed by atoms with van der Waals surface area (Å²) in [4.78, 5) is 8.36. The zero-order valence-corrected chi connectivity index (χ0v) is 12.5. The van der Waals surface area contributed by atoms with Gasteiger partial charge in [-0.15, -0.1) is 0 Å². The van der Waals surface area contributed by atoms with Crippen molar-refractivity contribution < 1.29 is 41.0 Å². The molecular weight excluding hydrogens is 317 g/mol. The fraction of sp³-hybridized carbons (Fsp3) is 0.909. The van der Waals surface area contributed by atoms with Crippen LogP contribution in [0.5, 0.6) is 0 Å². The molecular formula is C11H19F3O6S. The molecule has 1 aliphatic carbocycles. The summed E-state index contributed by atoms with van der Waals surface area (Å²) in [6.07, 6.45) is 1.62. The third-order valence-electron chi connectivity index (χ3n) is 3.32. The highest BCUT2D eigenvalue weighted by atomic mass is 32.2. The van der Waals surface area contributed by atoms with Gasteiger partial charge >= 0.3 is 5.51 Å². The van der Waals surface area contributed by atoms with E-state index in [1.165, 1.54) is 14.2 Å². The largest absolute Gasteiger partial charge is 0.497 e. The number of alkyl halides is 3. The first kappa shape index (κ1) is 20.1. The number of halogens is 3. The van der Waals surface area contributed by atoms with Gasteiger partial charge in [0, 0.05) is 27.1 Å². The molecule has 0 amide bonds. The van der Waals surface area contributed by atoms with Crippen LogP contribution in [0.15, 0.2) is 0 Å². The minimum Gasteiger partial charge on any atom is -0.483 e. The summed E-state index contributed by atoms with van der Waals surface area (Å²) in [5.74, 6) is -1.32. The highest BCUT2D eigenvalue weighted by Gasteiger charge is 2.47. The van der Waals surface area contributed by atoms with E-state index in [4.69, 9.17) is 19.4 Å². The molecule has 1 rings (SSSR count). The minimum absolute atomic E-state index is 0.00994. The summed E-state index contributed by atoms with van der Waals surface area (Å²) >= 11 is 0. The molecule has 6 nitrogen and oxygen atoms in total. The van der Waals surface area contributed by atoms with Gasteiger partial charge in [0.05, 0.1) is 5.75 Å². The van der Waals surface area contributed by atoms with Crippen molar-refractivity contribution in [3.63, 3.8) is 0 Å². The molecule has 0 spiro atoms. The smallest absolute Gasteiger partial charge is 0.483 e. The lowest BCUT2D eigenvalue weighted by atomic mass is 9.76. The lowest BCUT2D eigenvalue weighted by Crippen LogP contribution is -2.47. The lowest BCUT2D eigenvalue weighted by molar-refractivity contribution is -0.270. The molecule has 0 atom stereocenters. The van der Waals surface area contributed by atoms with E-state index in [0.717, 1.165) is 0 Å². The highest BCUT2D eigenvalue weighted by molar-refractivity contribution is 7.92. The summed E-state index contributed by atoms with van der Waals surface area (Å²) in [6, 6.07) is 0. The Bertz CT molecular complexity index is 408. The van der Waals surface area contributed by atoms with Crippen LogP contribution < -0.4 is 0 Å². The highest BCUT2D eigenvalue weighted by Crippen LogP contribution is 2.43. The first-order valence-electron chi connectivity index (χ1n) is 6.04. The zero-order chi connectivity index (χ0) is 16.7. The average molecular weight is 336 g/mol. The maximum Gasteiger partial charge on any atom is 0.497 e. The second-order valence-electron chi connectivity index (χ2n) is 4.61. The van der Waals surface area contributed by atoms with Crippen molar-refractivity contribution in [3.8, 4) is 0 Å². The number of hydrogen-bond acceptors (Lipinski definition) is 5. The van der Waals surface area contributed by atoms with E-state index in [9.17, 15) is 21.6 Å². The molecule has 1 fully saturated rings. The normalized spacial score (nSPS) is 18.3. The molecule has 10 heteroatoms. The summed E-state index contributed by atoms with van der Waals surface area (Å²) in [6.45, 7) is -0.250. The molecule has 126 valence electrons. The number of rotatable bonds is 6. The quantitative estimate of drug-likeness (QED) is 0.588. The van der Waals surface area contributed by atoms with Crippen LogP contribution in [0.3, 0.4) is 0 Å². The molecule has 0 radical (unpaired) electrons. The first-order chi connectivity index (χ1) is 9.57. The lowest BCUT2D eigenvalue weighted by Gasteiger charge is -2.45. The van der Waals surface area contributed by atoms with Crippen molar-refractivity contribution in [3.05, 3.63) is 0 Å². The molecule has 21 heavy (non-hydrogen) atoms. The summed E-state index contributed by atoms with van der Waals surface area (Å²) in [5, 5.41) is 6.89. The van der Waals surface area contributed by atoms with Crippen LogP contribution in [-0.2, 0) is 24.1 Å². The summed E-state index contributed by atoms with van der Waals surface area (Å²) in [5.41, 5.74) is -5.14. The van der Waals surface area contributed by atoms with Crippen molar-refractivity contribution >= 4 is 16.3 Å². The Morgan fingerprint density at radius 1 is 1.29 bits per heavy atom. The van der Waals surface area contributed by atoms with Crippen LogP contribution in [0.1, 0.15) is 25.7 Å². The second-order valence-corrected chi connectivity index (χ2v) is 6.71. The zero-order valence-electron chi connectivity index (χ0n) is 11.7. The van der Waals surface area contributed by atoms with E-state index in [2.05, 4.69) is 0 Å². The van der Waals surface area contributed by atoms with Crippen molar-refractivity contribution in [2.24, 2.45) is 5.92 Å². The monoisotopic (exact) mass is 336 g/mol. The van der Waals surface area contributed by atoms with Crippen LogP contribution in [0.4, 0.5) is 13.2 Å². The van der Waals surface area contributed by atoms with E-state index in [1.807, 2.05) is 0 Å². The molecule has 0 heterocycles. The minimum atomic E-state index is -5.14. The Balaban J connectivity index is 0.00000122. The van der Waals surface area contributed by atoms with Gasteiger partial charge in [-0.1, -0.05) is 0 Å². The molecule has 0 unspecified atom stereocenters. The topological polar surface area (TPSA) is 89.9 Å². The van der Waals surface area contributed by atoms with Gasteiger partial charge in [0.2, 0.25) is 9.84 Å². The van der Waals surface area contributed by atoms with Crippen molar-refractivity contribution in [2.75, 3.05) is 20.0 Å². The fourth-order valence-corrected chi connectivity index (χ4v) is 2.90. The summed E-state index contributed by atoms with van der Waals surface area (Å²) in [7, 11) is -1.96. The van der Waals surface area contributed by atoms with Crippen molar-refractivity contribution in [2.45, 2.75) is 37.0 Å². The van der Waals surface area contributed by atoms with Crippen molar-refractivity contribution in [1.82, 2.24) is 0 Å². The van der Waals surface area contributed by atoms with Gasteiger partial charge in [0.25, 0.3) is 6.47 Å². The Morgan fingerprint density at radius 3 is 2.05 bits per heavy atom. The maximum absolute atomic E-state index is 12.1. The summed E-state index contributed by atoms with van der Waals surface area (Å²) < 4.78 is 68.1. The molecule has 1 N–H and O–H groups in total. The van der Waals surface area contributed by atoms with Crippen molar-refractivity contribution in [1.29, 1.82) is 0 Å². The third-order valence-corrected chi connectivity index (χ3v) is 4.85. The van der Waals surface area contributed by atoms with Crippen LogP contribution in [-0.4, -0.2) is 51.3 Å².